The molecule has 21 heavy (non-hydrogen) atoms. The maximum atomic E-state index is 3.46. The highest BCUT2D eigenvalue weighted by Crippen LogP contribution is 2.31. The fourth-order valence-electron chi connectivity index (χ4n) is 3.22. The van der Waals surface area contributed by atoms with Crippen LogP contribution in [-0.4, -0.2) is 31.1 Å². The average molecular weight is 280 g/mol. The van der Waals surface area contributed by atoms with Gasteiger partial charge in [-0.05, 0) is 30.5 Å². The Hall–Kier alpha value is -1.64. The van der Waals surface area contributed by atoms with Crippen LogP contribution in [0.4, 0.5) is 0 Å². The van der Waals surface area contributed by atoms with Crippen LogP contribution in [0.15, 0.2) is 48.5 Å². The van der Waals surface area contributed by atoms with E-state index in [0.29, 0.717) is 6.04 Å². The zero-order valence-corrected chi connectivity index (χ0v) is 13.0. The summed E-state index contributed by atoms with van der Waals surface area (Å²) in [7, 11) is 0. The maximum Gasteiger partial charge on any atom is 0.0605 e. The molecule has 1 unspecified atom stereocenters. The van der Waals surface area contributed by atoms with Gasteiger partial charge >= 0.3 is 0 Å². The fourth-order valence-corrected chi connectivity index (χ4v) is 3.22. The van der Waals surface area contributed by atoms with Crippen LogP contribution in [0, 0.1) is 13.8 Å². The van der Waals surface area contributed by atoms with Gasteiger partial charge in [0.05, 0.1) is 6.04 Å². The van der Waals surface area contributed by atoms with E-state index in [-0.39, 0.29) is 0 Å². The molecule has 0 bridgehead atoms. The Bertz CT molecular complexity index is 586. The minimum absolute atomic E-state index is 0.369. The molecule has 1 N–H and O–H groups in total. The summed E-state index contributed by atoms with van der Waals surface area (Å²) in [6.45, 7) is 8.78. The Morgan fingerprint density at radius 2 is 1.67 bits per heavy atom. The lowest BCUT2D eigenvalue weighted by molar-refractivity contribution is 0.198. The number of hydrogen-bond acceptors (Lipinski definition) is 2. The van der Waals surface area contributed by atoms with E-state index in [1.165, 1.54) is 22.3 Å². The molecule has 0 aliphatic carbocycles. The summed E-state index contributed by atoms with van der Waals surface area (Å²) < 4.78 is 0. The highest BCUT2D eigenvalue weighted by molar-refractivity contribution is 5.39. The minimum atomic E-state index is 0.369. The summed E-state index contributed by atoms with van der Waals surface area (Å²) in [5, 5.41) is 3.46. The van der Waals surface area contributed by atoms with Crippen molar-refractivity contribution in [1.82, 2.24) is 10.2 Å². The van der Waals surface area contributed by atoms with Crippen LogP contribution in [0.5, 0.6) is 0 Å². The Kier molecular flexibility index (Phi) is 4.37. The van der Waals surface area contributed by atoms with E-state index in [9.17, 15) is 0 Å². The molecular formula is C19H24N2. The molecule has 0 amide bonds. The molecule has 1 saturated heterocycles. The zero-order valence-electron chi connectivity index (χ0n) is 13.0. The van der Waals surface area contributed by atoms with Gasteiger partial charge in [-0.2, -0.15) is 0 Å². The second kappa shape index (κ2) is 6.42. The van der Waals surface area contributed by atoms with Crippen molar-refractivity contribution in [2.75, 3.05) is 26.2 Å². The number of nitrogens with zero attached hydrogens (tertiary/aromatic N) is 1. The first-order valence-corrected chi connectivity index (χ1v) is 7.82. The van der Waals surface area contributed by atoms with Crippen molar-refractivity contribution in [2.45, 2.75) is 19.9 Å². The van der Waals surface area contributed by atoms with E-state index < -0.39 is 0 Å². The zero-order chi connectivity index (χ0) is 14.7. The van der Waals surface area contributed by atoms with Gasteiger partial charge in [0.25, 0.3) is 0 Å². The average Bonchev–Trinajstić information content (AvgIpc) is 2.53. The van der Waals surface area contributed by atoms with E-state index >= 15 is 0 Å². The quantitative estimate of drug-likeness (QED) is 0.928. The van der Waals surface area contributed by atoms with E-state index in [1.54, 1.807) is 0 Å². The van der Waals surface area contributed by atoms with Crippen molar-refractivity contribution in [1.29, 1.82) is 0 Å². The van der Waals surface area contributed by atoms with E-state index in [1.807, 2.05) is 0 Å². The highest BCUT2D eigenvalue weighted by atomic mass is 15.2. The molecule has 0 aromatic heterocycles. The van der Waals surface area contributed by atoms with Crippen LogP contribution < -0.4 is 5.32 Å². The fraction of sp³-hybridized carbons (Fsp3) is 0.368. The lowest BCUT2D eigenvalue weighted by Gasteiger charge is -2.36. The largest absolute Gasteiger partial charge is 0.314 e. The second-order valence-corrected chi connectivity index (χ2v) is 5.96. The number of rotatable bonds is 3. The standard InChI is InChI=1S/C19H24N2/c1-15-8-9-16(2)18(14-15)19(17-6-4-3-5-7-17)21-12-10-20-11-13-21/h3-9,14,19-20H,10-13H2,1-2H3. The van der Waals surface area contributed by atoms with Gasteiger partial charge < -0.3 is 5.32 Å². The lowest BCUT2D eigenvalue weighted by Crippen LogP contribution is -2.45. The predicted octanol–water partition coefficient (Wildman–Crippen LogP) is 3.30. The molecule has 1 heterocycles. The summed E-state index contributed by atoms with van der Waals surface area (Å²) in [5.41, 5.74) is 5.57. The summed E-state index contributed by atoms with van der Waals surface area (Å²) in [4.78, 5) is 2.60. The third-order valence-corrected chi connectivity index (χ3v) is 4.36. The Labute approximate surface area is 127 Å². The smallest absolute Gasteiger partial charge is 0.0605 e. The molecule has 1 fully saturated rings. The van der Waals surface area contributed by atoms with Gasteiger partial charge in [0, 0.05) is 26.2 Å². The molecule has 110 valence electrons. The second-order valence-electron chi connectivity index (χ2n) is 5.96. The van der Waals surface area contributed by atoms with Crippen molar-refractivity contribution in [3.05, 3.63) is 70.8 Å². The van der Waals surface area contributed by atoms with Crippen molar-refractivity contribution >= 4 is 0 Å². The van der Waals surface area contributed by atoms with Crippen LogP contribution >= 0.6 is 0 Å². The number of piperazine rings is 1. The highest BCUT2D eigenvalue weighted by Gasteiger charge is 2.24. The maximum absolute atomic E-state index is 3.46. The first kappa shape index (κ1) is 14.3. The van der Waals surface area contributed by atoms with Crippen LogP contribution in [-0.2, 0) is 0 Å². The van der Waals surface area contributed by atoms with Gasteiger partial charge in [0.1, 0.15) is 0 Å². The molecule has 1 atom stereocenters. The third kappa shape index (κ3) is 3.17. The lowest BCUT2D eigenvalue weighted by atomic mass is 9.92. The van der Waals surface area contributed by atoms with Crippen LogP contribution in [0.2, 0.25) is 0 Å². The molecule has 0 saturated carbocycles. The third-order valence-electron chi connectivity index (χ3n) is 4.36. The van der Waals surface area contributed by atoms with Gasteiger partial charge in [-0.1, -0.05) is 54.1 Å². The molecule has 3 rings (SSSR count). The summed E-state index contributed by atoms with van der Waals surface area (Å²) in [6.07, 6.45) is 0. The molecular weight excluding hydrogens is 256 g/mol. The van der Waals surface area contributed by atoms with Crippen molar-refractivity contribution in [3.63, 3.8) is 0 Å². The molecule has 2 nitrogen and oxygen atoms in total. The minimum Gasteiger partial charge on any atom is -0.314 e. The van der Waals surface area contributed by atoms with Gasteiger partial charge in [-0.3, -0.25) is 4.90 Å². The SMILES string of the molecule is Cc1ccc(C)c(C(c2ccccc2)N2CCNCC2)c1. The molecule has 1 aliphatic heterocycles. The number of aryl methyl sites for hydroxylation is 2. The van der Waals surface area contributed by atoms with Gasteiger partial charge in [0.2, 0.25) is 0 Å². The van der Waals surface area contributed by atoms with Crippen molar-refractivity contribution in [3.8, 4) is 0 Å². The Balaban J connectivity index is 2.05. The van der Waals surface area contributed by atoms with Crippen LogP contribution in [0.3, 0.4) is 0 Å². The summed E-state index contributed by atoms with van der Waals surface area (Å²) in [6, 6.07) is 18.1. The molecule has 2 aromatic rings. The molecule has 1 aliphatic rings. The topological polar surface area (TPSA) is 15.3 Å². The predicted molar refractivity (Wildman–Crippen MR) is 88.6 cm³/mol. The Morgan fingerprint density at radius 3 is 2.38 bits per heavy atom. The van der Waals surface area contributed by atoms with E-state index in [0.717, 1.165) is 26.2 Å². The van der Waals surface area contributed by atoms with Crippen LogP contribution in [0.1, 0.15) is 28.3 Å². The molecule has 2 aromatic carbocycles. The number of benzene rings is 2. The number of hydrogen-bond donors (Lipinski definition) is 1. The monoisotopic (exact) mass is 280 g/mol. The van der Waals surface area contributed by atoms with Gasteiger partial charge in [0.15, 0.2) is 0 Å². The number of nitrogens with one attached hydrogen (secondary N) is 1. The van der Waals surface area contributed by atoms with Crippen molar-refractivity contribution < 1.29 is 0 Å². The molecule has 0 radical (unpaired) electrons. The normalized spacial score (nSPS) is 17.6. The van der Waals surface area contributed by atoms with Crippen molar-refractivity contribution in [2.24, 2.45) is 0 Å². The van der Waals surface area contributed by atoms with E-state index in [4.69, 9.17) is 0 Å². The van der Waals surface area contributed by atoms with Gasteiger partial charge in [-0.25, -0.2) is 0 Å². The summed E-state index contributed by atoms with van der Waals surface area (Å²) in [5.74, 6) is 0. The first-order chi connectivity index (χ1) is 10.3. The summed E-state index contributed by atoms with van der Waals surface area (Å²) >= 11 is 0. The molecule has 2 heteroatoms. The molecule has 0 spiro atoms. The first-order valence-electron chi connectivity index (χ1n) is 7.82. The van der Waals surface area contributed by atoms with Crippen LogP contribution in [0.25, 0.3) is 0 Å². The van der Waals surface area contributed by atoms with Gasteiger partial charge in [-0.15, -0.1) is 0 Å². The Morgan fingerprint density at radius 1 is 0.952 bits per heavy atom. The van der Waals surface area contributed by atoms with E-state index in [2.05, 4.69) is 72.6 Å².